The lowest BCUT2D eigenvalue weighted by Gasteiger charge is -2.27. The Labute approximate surface area is 129 Å². The van der Waals surface area contributed by atoms with Crippen molar-refractivity contribution in [3.05, 3.63) is 0 Å². The molecule has 5 unspecified atom stereocenters. The van der Waals surface area contributed by atoms with Crippen LogP contribution < -0.4 is 4.13 Å². The smallest absolute Gasteiger partial charge is 0.465 e. The van der Waals surface area contributed by atoms with E-state index in [2.05, 4.69) is 4.18 Å². The number of rotatable bonds is 4. The van der Waals surface area contributed by atoms with E-state index in [0.717, 1.165) is 0 Å². The Balaban J connectivity index is 1.70. The molecule has 1 aliphatic heterocycles. The highest BCUT2D eigenvalue weighted by Gasteiger charge is 2.60. The summed E-state index contributed by atoms with van der Waals surface area (Å²) in [6.45, 7) is 0.110. The van der Waals surface area contributed by atoms with Gasteiger partial charge < -0.3 is 4.74 Å². The highest BCUT2D eigenvalue weighted by molar-refractivity contribution is 8.03. The zero-order valence-corrected chi connectivity index (χ0v) is 12.9. The Hall–Kier alpha value is -0.920. The average Bonchev–Trinajstić information content (AvgIpc) is 2.98. The number of fused-ring (bicyclic) bond motifs is 5. The Morgan fingerprint density at radius 3 is 2.39 bits per heavy atom. The summed E-state index contributed by atoms with van der Waals surface area (Å²) in [4.78, 5) is 11.5. The molecule has 2 aliphatic carbocycles. The summed E-state index contributed by atoms with van der Waals surface area (Å²) in [5.41, 5.74) is -5.77. The van der Waals surface area contributed by atoms with Crippen LogP contribution in [-0.4, -0.2) is 41.0 Å². The maximum atomic E-state index is 12.2. The summed E-state index contributed by atoms with van der Waals surface area (Å²) in [6.07, 6.45) is -0.332. The maximum absolute atomic E-state index is 12.2. The lowest BCUT2D eigenvalue weighted by Crippen LogP contribution is -2.43. The normalized spacial score (nSPS) is 37.0. The molecule has 1 saturated heterocycles. The first kappa shape index (κ1) is 16.9. The number of carbonyl (C=O) groups excluding carboxylic acids is 1. The molecule has 2 saturated carbocycles. The van der Waals surface area contributed by atoms with Gasteiger partial charge in [-0.25, -0.2) is 8.42 Å². The number of nitrogens with one attached hydrogen (secondary N) is 1. The predicted molar refractivity (Wildman–Crippen MR) is 66.1 cm³/mol. The van der Waals surface area contributed by atoms with E-state index < -0.39 is 31.9 Å². The van der Waals surface area contributed by atoms with Crippen molar-refractivity contribution < 1.29 is 43.7 Å². The van der Waals surface area contributed by atoms with Gasteiger partial charge >= 0.3 is 31.8 Å². The molecule has 3 rings (SSSR count). The molecule has 13 heteroatoms. The first-order valence-electron chi connectivity index (χ1n) is 6.61. The fourth-order valence-electron chi connectivity index (χ4n) is 3.77. The number of esters is 1. The van der Waals surface area contributed by atoms with E-state index in [1.807, 2.05) is 0 Å². The Kier molecular flexibility index (Phi) is 3.71. The molecule has 3 fully saturated rings. The molecule has 23 heavy (non-hydrogen) atoms. The molecule has 5 atom stereocenters. The van der Waals surface area contributed by atoms with Crippen LogP contribution in [0, 0.1) is 23.7 Å². The second-order valence-electron chi connectivity index (χ2n) is 5.84. The van der Waals surface area contributed by atoms with Crippen LogP contribution in [0.25, 0.3) is 0 Å². The van der Waals surface area contributed by atoms with Crippen LogP contribution in [0.5, 0.6) is 0 Å². The quantitative estimate of drug-likeness (QED) is 0.677. The molecule has 0 amide bonds. The molecule has 0 aromatic heterocycles. The second-order valence-corrected chi connectivity index (χ2v) is 9.07. The van der Waals surface area contributed by atoms with Gasteiger partial charge in [0, 0.05) is 5.92 Å². The number of hydrogen-bond acceptors (Lipinski definition) is 7. The third-order valence-electron chi connectivity index (χ3n) is 4.56. The van der Waals surface area contributed by atoms with E-state index in [4.69, 9.17) is 4.74 Å². The highest BCUT2D eigenvalue weighted by atomic mass is 32.3. The van der Waals surface area contributed by atoms with Gasteiger partial charge in [0.25, 0.3) is 0 Å². The third-order valence-corrected chi connectivity index (χ3v) is 7.37. The zero-order chi connectivity index (χ0) is 17.2. The highest BCUT2D eigenvalue weighted by Crippen LogP contribution is 2.56. The first-order chi connectivity index (χ1) is 10.4. The number of sulfonamides is 1. The molecule has 2 bridgehead atoms. The fraction of sp³-hybridized carbons (Fsp3) is 0.900. The van der Waals surface area contributed by atoms with Gasteiger partial charge in [-0.05, 0) is 24.7 Å². The Morgan fingerprint density at radius 2 is 1.78 bits per heavy atom. The van der Waals surface area contributed by atoms with Crippen molar-refractivity contribution in [3.63, 3.8) is 0 Å². The van der Waals surface area contributed by atoms with Crippen LogP contribution in [0.15, 0.2) is 0 Å². The van der Waals surface area contributed by atoms with E-state index >= 15 is 0 Å². The maximum Gasteiger partial charge on any atom is 0.512 e. The van der Waals surface area contributed by atoms with Crippen molar-refractivity contribution >= 4 is 26.3 Å². The van der Waals surface area contributed by atoms with Gasteiger partial charge in [-0.1, -0.05) is 4.13 Å². The van der Waals surface area contributed by atoms with Crippen molar-refractivity contribution in [2.75, 3.05) is 6.61 Å². The molecule has 8 nitrogen and oxygen atoms in total. The summed E-state index contributed by atoms with van der Waals surface area (Å²) in [5, 5.41) is 0. The fourth-order valence-corrected chi connectivity index (χ4v) is 5.93. The van der Waals surface area contributed by atoms with Gasteiger partial charge in [0.1, 0.15) is 0 Å². The number of cyclic esters (lactones) is 1. The topological polar surface area (TPSA) is 116 Å². The minimum atomic E-state index is -6.08. The molecule has 132 valence electrons. The number of ether oxygens (including phenoxy) is 1. The largest absolute Gasteiger partial charge is 0.512 e. The van der Waals surface area contributed by atoms with E-state index in [0.29, 0.717) is 10.5 Å². The third kappa shape index (κ3) is 2.83. The first-order valence-corrected chi connectivity index (χ1v) is 9.50. The summed E-state index contributed by atoms with van der Waals surface area (Å²) in [5.74, 6) is -1.49. The van der Waals surface area contributed by atoms with Crippen molar-refractivity contribution in [2.24, 2.45) is 23.7 Å². The molecule has 1 heterocycles. The van der Waals surface area contributed by atoms with Crippen LogP contribution in [0.3, 0.4) is 0 Å². The van der Waals surface area contributed by atoms with Gasteiger partial charge in [0.05, 0.1) is 18.6 Å². The minimum absolute atomic E-state index is 0.110. The number of alkyl halides is 3. The summed E-state index contributed by atoms with van der Waals surface area (Å²) < 4.78 is 91.6. The summed E-state index contributed by atoms with van der Waals surface area (Å²) in [6, 6.07) is 0. The van der Waals surface area contributed by atoms with Gasteiger partial charge in [-0.2, -0.15) is 21.6 Å². The lowest BCUT2D eigenvalue weighted by atomic mass is 9.80. The number of carbonyl (C=O) groups is 1. The van der Waals surface area contributed by atoms with Crippen LogP contribution in [0.4, 0.5) is 13.2 Å². The average molecular weight is 379 g/mol. The number of halogens is 3. The van der Waals surface area contributed by atoms with Gasteiger partial charge in [-0.15, -0.1) is 0 Å². The molecule has 3 aliphatic rings. The van der Waals surface area contributed by atoms with E-state index in [1.54, 1.807) is 0 Å². The van der Waals surface area contributed by atoms with Crippen LogP contribution >= 0.6 is 0 Å². The SMILES string of the molecule is O=C1OCC2C3CC(CC3OS(=O)(=O)NS(=O)(=O)C(F)(F)F)C12. The van der Waals surface area contributed by atoms with Crippen LogP contribution in [-0.2, 0) is 34.0 Å². The molecule has 1 N–H and O–H groups in total. The van der Waals surface area contributed by atoms with Crippen molar-refractivity contribution in [1.82, 2.24) is 4.13 Å². The van der Waals surface area contributed by atoms with E-state index in [9.17, 15) is 34.8 Å². The molecular formula is C10H12F3NO7S2. The van der Waals surface area contributed by atoms with Gasteiger partial charge in [0.15, 0.2) is 0 Å². The monoisotopic (exact) mass is 379 g/mol. The van der Waals surface area contributed by atoms with Crippen LogP contribution in [0.2, 0.25) is 0 Å². The Morgan fingerprint density at radius 1 is 1.13 bits per heavy atom. The molecule has 0 aromatic carbocycles. The van der Waals surface area contributed by atoms with E-state index in [1.165, 1.54) is 0 Å². The van der Waals surface area contributed by atoms with Crippen molar-refractivity contribution in [3.8, 4) is 0 Å². The molecule has 0 spiro atoms. The standard InChI is InChI=1S/C10H12F3NO7S2/c11-10(12,13)22(16,17)14-23(18,19)21-7-2-4-1-5(7)6-3-20-9(15)8(4)6/h4-8,14H,1-3H2. The van der Waals surface area contributed by atoms with Crippen molar-refractivity contribution in [2.45, 2.75) is 24.5 Å². The molecule has 0 aromatic rings. The summed E-state index contributed by atoms with van der Waals surface area (Å²) >= 11 is 0. The predicted octanol–water partition coefficient (Wildman–Crippen LogP) is -0.115. The molecular weight excluding hydrogens is 367 g/mol. The number of hydrogen-bond donors (Lipinski definition) is 1. The van der Waals surface area contributed by atoms with Crippen LogP contribution in [0.1, 0.15) is 12.8 Å². The zero-order valence-electron chi connectivity index (χ0n) is 11.3. The molecule has 0 radical (unpaired) electrons. The minimum Gasteiger partial charge on any atom is -0.465 e. The Bertz CT molecular complexity index is 732. The van der Waals surface area contributed by atoms with E-state index in [-0.39, 0.29) is 42.7 Å². The second kappa shape index (κ2) is 5.04. The van der Waals surface area contributed by atoms with Gasteiger partial charge in [-0.3, -0.25) is 8.98 Å². The van der Waals surface area contributed by atoms with Crippen molar-refractivity contribution in [1.29, 1.82) is 0 Å². The summed E-state index contributed by atoms with van der Waals surface area (Å²) in [7, 11) is -11.2. The lowest BCUT2D eigenvalue weighted by molar-refractivity contribution is -0.142. The van der Waals surface area contributed by atoms with Gasteiger partial charge in [0.2, 0.25) is 0 Å².